The van der Waals surface area contributed by atoms with E-state index in [-0.39, 0.29) is 21.5 Å². The molecule has 6 heteroatoms. The number of carbonyl (C=O) groups excluding carboxylic acids is 1. The Balaban J connectivity index is 1.64. The first-order chi connectivity index (χ1) is 12.0. The average molecular weight is 378 g/mol. The summed E-state index contributed by atoms with van der Waals surface area (Å²) in [5, 5.41) is 4.47. The van der Waals surface area contributed by atoms with Crippen molar-refractivity contribution in [2.45, 2.75) is 19.3 Å². The van der Waals surface area contributed by atoms with E-state index in [1.165, 1.54) is 5.56 Å². The molecule has 0 spiro atoms. The lowest BCUT2D eigenvalue weighted by Crippen LogP contribution is -2.06. The standard InChI is InChI=1S/C19H17Cl2NO3/c1-11(14-10-15(14)12-6-8-13(24-2)9-7-12)22-25-19(23)18-16(20)4-3-5-17(18)21/h3-9,14-15H,10H2,1-2H3/b22-11-/t14-,15-/m0/s1. The maximum absolute atomic E-state index is 12.1. The molecule has 1 aliphatic carbocycles. The lowest BCUT2D eigenvalue weighted by atomic mass is 10.1. The molecule has 0 heterocycles. The van der Waals surface area contributed by atoms with Crippen LogP contribution in [-0.2, 0) is 4.84 Å². The fourth-order valence-corrected chi connectivity index (χ4v) is 3.35. The molecule has 1 fully saturated rings. The lowest BCUT2D eigenvalue weighted by molar-refractivity contribution is 0.0515. The maximum Gasteiger partial charge on any atom is 0.368 e. The molecule has 2 atom stereocenters. The molecule has 0 unspecified atom stereocenters. The van der Waals surface area contributed by atoms with Gasteiger partial charge in [0.2, 0.25) is 0 Å². The van der Waals surface area contributed by atoms with E-state index in [0.717, 1.165) is 17.9 Å². The second-order valence-electron chi connectivity index (χ2n) is 5.93. The SMILES string of the molecule is COc1ccc([C@@H]2C[C@H]2/C(C)=N\OC(=O)c2c(Cl)cccc2Cl)cc1. The smallest absolute Gasteiger partial charge is 0.368 e. The van der Waals surface area contributed by atoms with E-state index in [9.17, 15) is 4.79 Å². The van der Waals surface area contributed by atoms with Crippen LogP contribution in [0.15, 0.2) is 47.6 Å². The molecule has 1 aliphatic rings. The normalized spacial score (nSPS) is 19.4. The number of methoxy groups -OCH3 is 1. The van der Waals surface area contributed by atoms with Gasteiger partial charge in [-0.25, -0.2) is 4.79 Å². The highest BCUT2D eigenvalue weighted by atomic mass is 35.5. The molecule has 4 nitrogen and oxygen atoms in total. The summed E-state index contributed by atoms with van der Waals surface area (Å²) in [4.78, 5) is 17.2. The minimum atomic E-state index is -0.656. The molecule has 0 bridgehead atoms. The Kier molecular flexibility index (Phi) is 5.30. The van der Waals surface area contributed by atoms with Crippen LogP contribution in [0.1, 0.15) is 35.2 Å². The van der Waals surface area contributed by atoms with Gasteiger partial charge in [-0.2, -0.15) is 0 Å². The van der Waals surface area contributed by atoms with Crippen LogP contribution in [-0.4, -0.2) is 18.8 Å². The van der Waals surface area contributed by atoms with Crippen LogP contribution in [0.4, 0.5) is 0 Å². The average Bonchev–Trinajstić information content (AvgIpc) is 3.40. The molecule has 25 heavy (non-hydrogen) atoms. The predicted molar refractivity (Wildman–Crippen MR) is 98.8 cm³/mol. The van der Waals surface area contributed by atoms with Crippen LogP contribution in [0.5, 0.6) is 5.75 Å². The summed E-state index contributed by atoms with van der Waals surface area (Å²) in [7, 11) is 1.64. The monoisotopic (exact) mass is 377 g/mol. The number of benzene rings is 2. The van der Waals surface area contributed by atoms with Gasteiger partial charge in [-0.05, 0) is 49.1 Å². The van der Waals surface area contributed by atoms with Crippen molar-refractivity contribution >= 4 is 34.9 Å². The Bertz CT molecular complexity index is 798. The molecule has 2 aromatic rings. The fraction of sp³-hybridized carbons (Fsp3) is 0.263. The van der Waals surface area contributed by atoms with Crippen molar-refractivity contribution in [3.05, 3.63) is 63.6 Å². The number of carbonyl (C=O) groups is 1. The zero-order valence-corrected chi connectivity index (χ0v) is 15.3. The second kappa shape index (κ2) is 7.46. The van der Waals surface area contributed by atoms with Gasteiger partial charge in [0.1, 0.15) is 5.75 Å². The van der Waals surface area contributed by atoms with Crippen LogP contribution in [0.3, 0.4) is 0 Å². The van der Waals surface area contributed by atoms with Crippen LogP contribution >= 0.6 is 23.2 Å². The van der Waals surface area contributed by atoms with Crippen LogP contribution < -0.4 is 4.74 Å². The van der Waals surface area contributed by atoms with E-state index in [2.05, 4.69) is 5.16 Å². The molecule has 0 saturated heterocycles. The third-order valence-corrected chi connectivity index (χ3v) is 4.94. The van der Waals surface area contributed by atoms with Crippen molar-refractivity contribution in [1.29, 1.82) is 0 Å². The second-order valence-corrected chi connectivity index (χ2v) is 6.74. The number of hydrogen-bond acceptors (Lipinski definition) is 4. The Morgan fingerprint density at radius 1 is 1.12 bits per heavy atom. The molecule has 130 valence electrons. The van der Waals surface area contributed by atoms with Crippen LogP contribution in [0.25, 0.3) is 0 Å². The first-order valence-corrected chi connectivity index (χ1v) is 8.60. The highest BCUT2D eigenvalue weighted by Gasteiger charge is 2.41. The summed E-state index contributed by atoms with van der Waals surface area (Å²) in [6.07, 6.45) is 0.978. The van der Waals surface area contributed by atoms with Crippen molar-refractivity contribution in [2.75, 3.05) is 7.11 Å². The number of rotatable bonds is 5. The quantitative estimate of drug-likeness (QED) is 0.401. The largest absolute Gasteiger partial charge is 0.497 e. The van der Waals surface area contributed by atoms with Gasteiger partial charge in [0.15, 0.2) is 0 Å². The third-order valence-electron chi connectivity index (χ3n) is 4.31. The first kappa shape index (κ1) is 17.8. The molecule has 0 amide bonds. The third kappa shape index (κ3) is 3.97. The van der Waals surface area contributed by atoms with Gasteiger partial charge < -0.3 is 9.57 Å². The molecule has 0 aromatic heterocycles. The van der Waals surface area contributed by atoms with Gasteiger partial charge in [-0.1, -0.05) is 46.6 Å². The topological polar surface area (TPSA) is 47.9 Å². The zero-order valence-electron chi connectivity index (χ0n) is 13.8. The van der Waals surface area contributed by atoms with E-state index < -0.39 is 5.97 Å². The van der Waals surface area contributed by atoms with Gasteiger partial charge in [-0.15, -0.1) is 0 Å². The lowest BCUT2D eigenvalue weighted by Gasteiger charge is -2.05. The van der Waals surface area contributed by atoms with Crippen molar-refractivity contribution in [2.24, 2.45) is 11.1 Å². The zero-order chi connectivity index (χ0) is 18.0. The van der Waals surface area contributed by atoms with Gasteiger partial charge >= 0.3 is 5.97 Å². The van der Waals surface area contributed by atoms with Crippen LogP contribution in [0.2, 0.25) is 10.0 Å². The highest BCUT2D eigenvalue weighted by molar-refractivity contribution is 6.39. The highest BCUT2D eigenvalue weighted by Crippen LogP contribution is 2.48. The van der Waals surface area contributed by atoms with Crippen molar-refractivity contribution in [1.82, 2.24) is 0 Å². The predicted octanol–water partition coefficient (Wildman–Crippen LogP) is 5.34. The van der Waals surface area contributed by atoms with Gasteiger partial charge in [-0.3, -0.25) is 0 Å². The van der Waals surface area contributed by atoms with Crippen molar-refractivity contribution in [3.8, 4) is 5.75 Å². The Morgan fingerprint density at radius 3 is 2.36 bits per heavy atom. The van der Waals surface area contributed by atoms with E-state index in [4.69, 9.17) is 32.8 Å². The number of halogens is 2. The number of hydrogen-bond donors (Lipinski definition) is 0. The van der Waals surface area contributed by atoms with Gasteiger partial charge in [0.25, 0.3) is 0 Å². The number of oxime groups is 1. The minimum absolute atomic E-state index is 0.130. The molecular formula is C19H17Cl2NO3. The number of nitrogens with zero attached hydrogens (tertiary/aromatic N) is 1. The molecule has 0 radical (unpaired) electrons. The fourth-order valence-electron chi connectivity index (χ4n) is 2.80. The van der Waals surface area contributed by atoms with Crippen molar-refractivity contribution < 1.29 is 14.4 Å². The summed E-state index contributed by atoms with van der Waals surface area (Å²) in [6.45, 7) is 1.86. The first-order valence-electron chi connectivity index (χ1n) is 7.85. The van der Waals surface area contributed by atoms with Gasteiger partial charge in [0, 0.05) is 5.92 Å². The molecular weight excluding hydrogens is 361 g/mol. The molecule has 3 rings (SSSR count). The molecule has 1 saturated carbocycles. The maximum atomic E-state index is 12.1. The van der Waals surface area contributed by atoms with E-state index in [1.54, 1.807) is 25.3 Å². The minimum Gasteiger partial charge on any atom is -0.497 e. The summed E-state index contributed by atoms with van der Waals surface area (Å²) in [5.74, 6) is 0.827. The van der Waals surface area contributed by atoms with E-state index >= 15 is 0 Å². The Hall–Kier alpha value is -2.04. The molecule has 2 aromatic carbocycles. The Morgan fingerprint density at radius 2 is 1.76 bits per heavy atom. The number of ether oxygens (including phenoxy) is 1. The van der Waals surface area contributed by atoms with E-state index in [1.807, 2.05) is 31.2 Å². The molecule has 0 N–H and O–H groups in total. The molecule has 0 aliphatic heterocycles. The van der Waals surface area contributed by atoms with Crippen LogP contribution in [0, 0.1) is 5.92 Å². The summed E-state index contributed by atoms with van der Waals surface area (Å²) in [5.41, 5.74) is 2.13. The summed E-state index contributed by atoms with van der Waals surface area (Å²) < 4.78 is 5.17. The van der Waals surface area contributed by atoms with E-state index in [0.29, 0.717) is 5.92 Å². The summed E-state index contributed by atoms with van der Waals surface area (Å²) >= 11 is 12.0. The Labute approximate surface area is 156 Å². The van der Waals surface area contributed by atoms with Gasteiger partial charge in [0.05, 0.1) is 28.4 Å². The van der Waals surface area contributed by atoms with Crippen molar-refractivity contribution in [3.63, 3.8) is 0 Å². The summed E-state index contributed by atoms with van der Waals surface area (Å²) in [6, 6.07) is 12.8.